The molecule has 0 unspecified atom stereocenters. The molecule has 5 heteroatoms. The summed E-state index contributed by atoms with van der Waals surface area (Å²) in [4.78, 5) is 4.22. The number of halogens is 2. The summed E-state index contributed by atoms with van der Waals surface area (Å²) in [6, 6.07) is 4.58. The lowest BCUT2D eigenvalue weighted by Crippen LogP contribution is -2.21. The van der Waals surface area contributed by atoms with Crippen LogP contribution in [0.3, 0.4) is 0 Å². The summed E-state index contributed by atoms with van der Waals surface area (Å²) in [5.41, 5.74) is 1.20. The number of imidazole rings is 1. The summed E-state index contributed by atoms with van der Waals surface area (Å²) in [6.07, 6.45) is 3.46. The molecule has 0 fully saturated rings. The molecule has 0 radical (unpaired) electrons. The van der Waals surface area contributed by atoms with Crippen molar-refractivity contribution in [1.82, 2.24) is 14.9 Å². The van der Waals surface area contributed by atoms with Crippen LogP contribution in [0.5, 0.6) is 0 Å². The van der Waals surface area contributed by atoms with E-state index in [1.165, 1.54) is 6.07 Å². The molecule has 2 aromatic rings. The van der Waals surface area contributed by atoms with Crippen LogP contribution in [0.1, 0.15) is 25.1 Å². The number of aromatic nitrogens is 2. The molecule has 1 aromatic carbocycles. The third-order valence-electron chi connectivity index (χ3n) is 2.76. The summed E-state index contributed by atoms with van der Waals surface area (Å²) in [7, 11) is 0. The molecule has 1 heterocycles. The SMILES string of the molecule is CC(C)NCc1cn(Cc2cccc(F)c2F)cn1. The smallest absolute Gasteiger partial charge is 0.163 e. The molecular formula is C14H17F2N3. The first kappa shape index (κ1) is 13.7. The van der Waals surface area contributed by atoms with Gasteiger partial charge in [-0.2, -0.15) is 0 Å². The van der Waals surface area contributed by atoms with Gasteiger partial charge in [0.1, 0.15) is 0 Å². The highest BCUT2D eigenvalue weighted by molar-refractivity contribution is 5.19. The Morgan fingerprint density at radius 2 is 2.11 bits per heavy atom. The normalized spacial score (nSPS) is 11.2. The van der Waals surface area contributed by atoms with E-state index in [1.54, 1.807) is 17.0 Å². The van der Waals surface area contributed by atoms with Crippen molar-refractivity contribution in [3.63, 3.8) is 0 Å². The van der Waals surface area contributed by atoms with Crippen molar-refractivity contribution in [3.8, 4) is 0 Å². The second-order valence-electron chi connectivity index (χ2n) is 4.79. The minimum absolute atomic E-state index is 0.276. The lowest BCUT2D eigenvalue weighted by atomic mass is 10.2. The first-order valence-electron chi connectivity index (χ1n) is 6.23. The molecule has 0 saturated heterocycles. The highest BCUT2D eigenvalue weighted by Gasteiger charge is 2.08. The predicted octanol–water partition coefficient (Wildman–Crippen LogP) is 2.71. The maximum absolute atomic E-state index is 13.5. The van der Waals surface area contributed by atoms with Crippen molar-refractivity contribution in [2.45, 2.75) is 33.0 Å². The number of benzene rings is 1. The Morgan fingerprint density at radius 3 is 2.84 bits per heavy atom. The maximum atomic E-state index is 13.5. The van der Waals surface area contributed by atoms with Gasteiger partial charge in [0.15, 0.2) is 11.6 Å². The summed E-state index contributed by atoms with van der Waals surface area (Å²) >= 11 is 0. The minimum atomic E-state index is -0.820. The molecule has 19 heavy (non-hydrogen) atoms. The van der Waals surface area contributed by atoms with Crippen molar-refractivity contribution in [2.75, 3.05) is 0 Å². The molecule has 0 saturated carbocycles. The second-order valence-corrected chi connectivity index (χ2v) is 4.79. The molecule has 0 atom stereocenters. The van der Waals surface area contributed by atoms with Gasteiger partial charge in [-0.25, -0.2) is 13.8 Å². The van der Waals surface area contributed by atoms with E-state index in [-0.39, 0.29) is 6.54 Å². The predicted molar refractivity (Wildman–Crippen MR) is 69.7 cm³/mol. The summed E-state index contributed by atoms with van der Waals surface area (Å²) in [5, 5.41) is 3.25. The van der Waals surface area contributed by atoms with E-state index in [1.807, 2.05) is 6.20 Å². The van der Waals surface area contributed by atoms with E-state index in [0.29, 0.717) is 18.2 Å². The quantitative estimate of drug-likeness (QED) is 0.900. The van der Waals surface area contributed by atoms with Crippen LogP contribution in [0.4, 0.5) is 8.78 Å². The van der Waals surface area contributed by atoms with Crippen molar-refractivity contribution in [3.05, 3.63) is 53.6 Å². The zero-order valence-corrected chi connectivity index (χ0v) is 11.0. The minimum Gasteiger partial charge on any atom is -0.333 e. The van der Waals surface area contributed by atoms with Crippen LogP contribution in [-0.2, 0) is 13.1 Å². The lowest BCUT2D eigenvalue weighted by molar-refractivity contribution is 0.495. The fourth-order valence-corrected chi connectivity index (χ4v) is 1.76. The third kappa shape index (κ3) is 3.61. The maximum Gasteiger partial charge on any atom is 0.163 e. The molecule has 1 aromatic heterocycles. The van der Waals surface area contributed by atoms with Gasteiger partial charge in [-0.1, -0.05) is 26.0 Å². The van der Waals surface area contributed by atoms with Gasteiger partial charge in [-0.3, -0.25) is 0 Å². The molecule has 0 aliphatic heterocycles. The summed E-state index contributed by atoms with van der Waals surface area (Å²) in [5.74, 6) is -1.61. The van der Waals surface area contributed by atoms with Crippen molar-refractivity contribution < 1.29 is 8.78 Å². The molecule has 3 nitrogen and oxygen atoms in total. The zero-order chi connectivity index (χ0) is 13.8. The van der Waals surface area contributed by atoms with E-state index in [2.05, 4.69) is 24.1 Å². The Kier molecular flexibility index (Phi) is 4.27. The standard InChI is InChI=1S/C14H17F2N3/c1-10(2)17-6-12-8-19(9-18-12)7-11-4-3-5-13(15)14(11)16/h3-5,8-10,17H,6-7H2,1-2H3. The molecule has 2 rings (SSSR count). The van der Waals surface area contributed by atoms with Crippen LogP contribution in [0.2, 0.25) is 0 Å². The fourth-order valence-electron chi connectivity index (χ4n) is 1.76. The Hall–Kier alpha value is -1.75. The highest BCUT2D eigenvalue weighted by atomic mass is 19.2. The Labute approximate surface area is 111 Å². The number of nitrogens with zero attached hydrogens (tertiary/aromatic N) is 2. The molecule has 0 spiro atoms. The Morgan fingerprint density at radius 1 is 1.32 bits per heavy atom. The van der Waals surface area contributed by atoms with Crippen LogP contribution < -0.4 is 5.32 Å². The molecule has 0 aliphatic rings. The average molecular weight is 265 g/mol. The Bertz CT molecular complexity index is 549. The van der Waals surface area contributed by atoms with Gasteiger partial charge in [0, 0.05) is 24.3 Å². The fraction of sp³-hybridized carbons (Fsp3) is 0.357. The summed E-state index contributed by atoms with van der Waals surface area (Å²) in [6.45, 7) is 5.05. The van der Waals surface area contributed by atoms with Crippen LogP contribution >= 0.6 is 0 Å². The molecule has 1 N–H and O–H groups in total. The number of rotatable bonds is 5. The molecule has 0 aliphatic carbocycles. The number of hydrogen-bond donors (Lipinski definition) is 1. The first-order chi connectivity index (χ1) is 9.06. The van der Waals surface area contributed by atoms with Gasteiger partial charge in [0.2, 0.25) is 0 Å². The third-order valence-corrected chi connectivity index (χ3v) is 2.76. The summed E-state index contributed by atoms with van der Waals surface area (Å²) < 4.78 is 28.4. The van der Waals surface area contributed by atoms with Crippen molar-refractivity contribution >= 4 is 0 Å². The van der Waals surface area contributed by atoms with Gasteiger partial charge in [0.05, 0.1) is 18.6 Å². The van der Waals surface area contributed by atoms with Crippen LogP contribution in [0.15, 0.2) is 30.7 Å². The van der Waals surface area contributed by atoms with Crippen molar-refractivity contribution in [2.24, 2.45) is 0 Å². The highest BCUT2D eigenvalue weighted by Crippen LogP contribution is 2.13. The van der Waals surface area contributed by atoms with Gasteiger partial charge >= 0.3 is 0 Å². The van der Waals surface area contributed by atoms with Gasteiger partial charge in [-0.15, -0.1) is 0 Å². The molecule has 0 amide bonds. The van der Waals surface area contributed by atoms with E-state index >= 15 is 0 Å². The van der Waals surface area contributed by atoms with Gasteiger partial charge in [0.25, 0.3) is 0 Å². The molecular weight excluding hydrogens is 248 g/mol. The van der Waals surface area contributed by atoms with Crippen LogP contribution in [0.25, 0.3) is 0 Å². The van der Waals surface area contributed by atoms with Gasteiger partial charge < -0.3 is 9.88 Å². The first-order valence-corrected chi connectivity index (χ1v) is 6.23. The average Bonchev–Trinajstić information content (AvgIpc) is 2.80. The van der Waals surface area contributed by atoms with Crippen molar-refractivity contribution in [1.29, 1.82) is 0 Å². The van der Waals surface area contributed by atoms with Gasteiger partial charge in [-0.05, 0) is 6.07 Å². The largest absolute Gasteiger partial charge is 0.333 e. The number of nitrogens with one attached hydrogen (secondary N) is 1. The van der Waals surface area contributed by atoms with E-state index in [4.69, 9.17) is 0 Å². The molecule has 0 bridgehead atoms. The lowest BCUT2D eigenvalue weighted by Gasteiger charge is -2.06. The topological polar surface area (TPSA) is 29.9 Å². The molecule has 102 valence electrons. The zero-order valence-electron chi connectivity index (χ0n) is 11.0. The van der Waals surface area contributed by atoms with E-state index < -0.39 is 11.6 Å². The van der Waals surface area contributed by atoms with E-state index in [9.17, 15) is 8.78 Å². The Balaban J connectivity index is 2.05. The van der Waals surface area contributed by atoms with Crippen LogP contribution in [-0.4, -0.2) is 15.6 Å². The van der Waals surface area contributed by atoms with E-state index in [0.717, 1.165) is 11.8 Å². The van der Waals surface area contributed by atoms with Crippen LogP contribution in [0, 0.1) is 11.6 Å². The second kappa shape index (κ2) is 5.93. The monoisotopic (exact) mass is 265 g/mol. The number of hydrogen-bond acceptors (Lipinski definition) is 2.